The molecule has 0 unspecified atom stereocenters. The highest BCUT2D eigenvalue weighted by Gasteiger charge is 2.12. The first-order valence-corrected chi connectivity index (χ1v) is 6.16. The smallest absolute Gasteiger partial charge is 0.256 e. The van der Waals surface area contributed by atoms with E-state index in [-0.39, 0.29) is 11.1 Å². The Morgan fingerprint density at radius 3 is 2.84 bits per heavy atom. The molecule has 2 rings (SSSR count). The number of carbonyl (C=O) groups excluding carboxylic acids is 1. The first-order valence-electron chi connectivity index (χ1n) is 5.78. The number of amides is 1. The fraction of sp³-hybridized carbons (Fsp3) is 0.214. The van der Waals surface area contributed by atoms with Gasteiger partial charge in [-0.3, -0.25) is 4.79 Å². The average molecular weight is 280 g/mol. The molecular weight excluding hydrogens is 266 g/mol. The van der Waals surface area contributed by atoms with Crippen molar-refractivity contribution in [3.63, 3.8) is 0 Å². The summed E-state index contributed by atoms with van der Waals surface area (Å²) in [5.74, 6) is -0.254. The molecule has 4 nitrogen and oxygen atoms in total. The van der Waals surface area contributed by atoms with Crippen molar-refractivity contribution in [2.75, 3.05) is 7.11 Å². The van der Waals surface area contributed by atoms with Crippen LogP contribution >= 0.6 is 11.6 Å². The van der Waals surface area contributed by atoms with Gasteiger partial charge in [0.05, 0.1) is 18.4 Å². The Morgan fingerprint density at radius 1 is 1.37 bits per heavy atom. The Labute approximate surface area is 116 Å². The van der Waals surface area contributed by atoms with Crippen LogP contribution in [0.1, 0.15) is 21.5 Å². The van der Waals surface area contributed by atoms with Gasteiger partial charge in [-0.25, -0.2) is 0 Å². The fourth-order valence-electron chi connectivity index (χ4n) is 1.73. The summed E-state index contributed by atoms with van der Waals surface area (Å²) in [6.45, 7) is 0.979. The van der Waals surface area contributed by atoms with Gasteiger partial charge in [0.25, 0.3) is 5.91 Å². The largest absolute Gasteiger partial charge is 0.452 e. The van der Waals surface area contributed by atoms with Crippen molar-refractivity contribution in [1.82, 2.24) is 5.32 Å². The molecular formula is C14H14ClNO3. The predicted molar refractivity (Wildman–Crippen MR) is 72.0 cm³/mol. The topological polar surface area (TPSA) is 51.5 Å². The van der Waals surface area contributed by atoms with Crippen LogP contribution in [0.4, 0.5) is 0 Å². The quantitative estimate of drug-likeness (QED) is 0.915. The van der Waals surface area contributed by atoms with Crippen LogP contribution in [0.2, 0.25) is 5.22 Å². The van der Waals surface area contributed by atoms with Gasteiger partial charge in [0, 0.05) is 13.7 Å². The molecule has 0 fully saturated rings. The molecule has 0 spiro atoms. The molecule has 1 aromatic carbocycles. The number of methoxy groups -OCH3 is 1. The molecule has 5 heteroatoms. The van der Waals surface area contributed by atoms with Gasteiger partial charge in [-0.2, -0.15) is 0 Å². The van der Waals surface area contributed by atoms with Crippen molar-refractivity contribution in [3.05, 3.63) is 58.5 Å². The number of furan rings is 1. The van der Waals surface area contributed by atoms with Gasteiger partial charge in [0.1, 0.15) is 0 Å². The molecule has 0 aliphatic heterocycles. The van der Waals surface area contributed by atoms with Crippen molar-refractivity contribution in [1.29, 1.82) is 0 Å². The SMILES string of the molecule is COCc1cccc(CNC(=O)c2ccoc2Cl)c1. The maximum Gasteiger partial charge on any atom is 0.256 e. The molecule has 0 radical (unpaired) electrons. The van der Waals surface area contributed by atoms with E-state index in [1.54, 1.807) is 13.2 Å². The zero-order valence-corrected chi connectivity index (χ0v) is 11.2. The van der Waals surface area contributed by atoms with E-state index in [4.69, 9.17) is 20.8 Å². The van der Waals surface area contributed by atoms with Crippen molar-refractivity contribution >= 4 is 17.5 Å². The summed E-state index contributed by atoms with van der Waals surface area (Å²) in [6.07, 6.45) is 1.39. The monoisotopic (exact) mass is 279 g/mol. The van der Waals surface area contributed by atoms with E-state index in [1.165, 1.54) is 6.26 Å². The standard InChI is InChI=1S/C14H14ClNO3/c1-18-9-11-4-2-3-10(7-11)8-16-14(17)12-5-6-19-13(12)15/h2-7H,8-9H2,1H3,(H,16,17). The minimum Gasteiger partial charge on any atom is -0.452 e. The molecule has 2 aromatic rings. The Bertz CT molecular complexity index is 565. The van der Waals surface area contributed by atoms with Crippen LogP contribution in [-0.2, 0) is 17.9 Å². The lowest BCUT2D eigenvalue weighted by atomic mass is 10.1. The molecule has 19 heavy (non-hydrogen) atoms. The van der Waals surface area contributed by atoms with Crippen molar-refractivity contribution in [2.24, 2.45) is 0 Å². The van der Waals surface area contributed by atoms with Crippen molar-refractivity contribution in [2.45, 2.75) is 13.2 Å². The summed E-state index contributed by atoms with van der Waals surface area (Å²) in [5.41, 5.74) is 2.41. The third-order valence-electron chi connectivity index (χ3n) is 2.62. The van der Waals surface area contributed by atoms with Gasteiger partial charge < -0.3 is 14.5 Å². The van der Waals surface area contributed by atoms with Crippen LogP contribution < -0.4 is 5.32 Å². The minimum atomic E-state index is -0.254. The molecule has 1 heterocycles. The summed E-state index contributed by atoms with van der Waals surface area (Å²) in [6, 6.07) is 9.37. The lowest BCUT2D eigenvalue weighted by Gasteiger charge is -2.06. The Balaban J connectivity index is 1.97. The molecule has 1 aromatic heterocycles. The van der Waals surface area contributed by atoms with Crippen LogP contribution in [0.5, 0.6) is 0 Å². The van der Waals surface area contributed by atoms with Gasteiger partial charge in [0.15, 0.2) is 0 Å². The Kier molecular flexibility index (Phi) is 4.60. The third kappa shape index (κ3) is 3.59. The third-order valence-corrected chi connectivity index (χ3v) is 2.91. The van der Waals surface area contributed by atoms with Crippen molar-refractivity contribution in [3.8, 4) is 0 Å². The molecule has 0 bridgehead atoms. The van der Waals surface area contributed by atoms with E-state index < -0.39 is 0 Å². The van der Waals surface area contributed by atoms with Gasteiger partial charge in [-0.05, 0) is 28.8 Å². The maximum absolute atomic E-state index is 11.8. The number of ether oxygens (including phenoxy) is 1. The van der Waals surface area contributed by atoms with Crippen molar-refractivity contribution < 1.29 is 13.9 Å². The number of rotatable bonds is 5. The Morgan fingerprint density at radius 2 is 2.16 bits per heavy atom. The van der Waals surface area contributed by atoms with E-state index >= 15 is 0 Å². The zero-order chi connectivity index (χ0) is 13.7. The van der Waals surface area contributed by atoms with E-state index in [0.29, 0.717) is 18.7 Å². The number of benzene rings is 1. The van der Waals surface area contributed by atoms with Gasteiger partial charge in [-0.15, -0.1) is 0 Å². The van der Waals surface area contributed by atoms with Crippen LogP contribution in [0, 0.1) is 0 Å². The number of nitrogens with one attached hydrogen (secondary N) is 1. The number of hydrogen-bond donors (Lipinski definition) is 1. The highest BCUT2D eigenvalue weighted by molar-refractivity contribution is 6.32. The summed E-state index contributed by atoms with van der Waals surface area (Å²) in [4.78, 5) is 11.8. The predicted octanol–water partition coefficient (Wildman–Crippen LogP) is 3.01. The Hall–Kier alpha value is -1.78. The molecule has 0 atom stereocenters. The van der Waals surface area contributed by atoms with Crippen LogP contribution in [-0.4, -0.2) is 13.0 Å². The second-order valence-corrected chi connectivity index (χ2v) is 4.39. The summed E-state index contributed by atoms with van der Waals surface area (Å²) < 4.78 is 9.94. The minimum absolute atomic E-state index is 0.102. The lowest BCUT2D eigenvalue weighted by Crippen LogP contribution is -2.22. The van der Waals surface area contributed by atoms with Gasteiger partial charge in [-0.1, -0.05) is 24.3 Å². The summed E-state index contributed by atoms with van der Waals surface area (Å²) in [5, 5.41) is 2.89. The molecule has 1 N–H and O–H groups in total. The van der Waals surface area contributed by atoms with Crippen LogP contribution in [0.15, 0.2) is 41.0 Å². The first-order chi connectivity index (χ1) is 9.20. The highest BCUT2D eigenvalue weighted by Crippen LogP contribution is 2.16. The highest BCUT2D eigenvalue weighted by atomic mass is 35.5. The summed E-state index contributed by atoms with van der Waals surface area (Å²) >= 11 is 5.74. The molecule has 0 saturated carbocycles. The number of carbonyl (C=O) groups is 1. The summed E-state index contributed by atoms with van der Waals surface area (Å²) in [7, 11) is 1.65. The molecule has 100 valence electrons. The molecule has 1 amide bonds. The van der Waals surface area contributed by atoms with E-state index in [2.05, 4.69) is 5.32 Å². The second kappa shape index (κ2) is 6.41. The van der Waals surface area contributed by atoms with E-state index in [9.17, 15) is 4.79 Å². The van der Waals surface area contributed by atoms with Crippen LogP contribution in [0.3, 0.4) is 0 Å². The normalized spacial score (nSPS) is 10.4. The second-order valence-electron chi connectivity index (χ2n) is 4.04. The van der Waals surface area contributed by atoms with Crippen LogP contribution in [0.25, 0.3) is 0 Å². The average Bonchev–Trinajstić information content (AvgIpc) is 2.83. The first kappa shape index (κ1) is 13.6. The van der Waals surface area contributed by atoms with E-state index in [1.807, 2.05) is 24.3 Å². The molecule has 0 aliphatic rings. The molecule has 0 saturated heterocycles. The number of halogens is 1. The van der Waals surface area contributed by atoms with Gasteiger partial charge >= 0.3 is 0 Å². The number of hydrogen-bond acceptors (Lipinski definition) is 3. The van der Waals surface area contributed by atoms with E-state index in [0.717, 1.165) is 11.1 Å². The fourth-order valence-corrected chi connectivity index (χ4v) is 1.93. The van der Waals surface area contributed by atoms with Gasteiger partial charge in [0.2, 0.25) is 5.22 Å². The maximum atomic E-state index is 11.8. The molecule has 0 aliphatic carbocycles. The lowest BCUT2D eigenvalue weighted by molar-refractivity contribution is 0.0950. The zero-order valence-electron chi connectivity index (χ0n) is 10.5.